The summed E-state index contributed by atoms with van der Waals surface area (Å²) in [6.45, 7) is 5.14. The van der Waals surface area contributed by atoms with Crippen molar-refractivity contribution in [2.45, 2.75) is 51.1 Å². The lowest BCUT2D eigenvalue weighted by Gasteiger charge is -2.24. The quantitative estimate of drug-likeness (QED) is 0.0445. The van der Waals surface area contributed by atoms with E-state index in [0.29, 0.717) is 76.4 Å². The number of carbonyl (C=O) groups excluding carboxylic acids is 2. The van der Waals surface area contributed by atoms with Crippen LogP contribution in [0.2, 0.25) is 0 Å². The molecule has 12 heteroatoms. The number of nitrogens with two attached hydrogens (primary N) is 3. The van der Waals surface area contributed by atoms with E-state index in [9.17, 15) is 9.59 Å². The van der Waals surface area contributed by atoms with E-state index in [4.69, 9.17) is 29.0 Å². The minimum absolute atomic E-state index is 0.163. The Hall–Kier alpha value is -4.19. The van der Waals surface area contributed by atoms with E-state index in [2.05, 4.69) is 36.4 Å². The molecule has 45 heavy (non-hydrogen) atoms. The number of amides is 2. The van der Waals surface area contributed by atoms with Crippen molar-refractivity contribution in [3.8, 4) is 0 Å². The summed E-state index contributed by atoms with van der Waals surface area (Å²) in [6, 6.07) is 23.0. The normalized spacial score (nSPS) is 12.9. The van der Waals surface area contributed by atoms with E-state index in [-0.39, 0.29) is 17.8 Å². The Kier molecular flexibility index (Phi) is 15.1. The summed E-state index contributed by atoms with van der Waals surface area (Å²) in [5.74, 6) is 0.122. The molecule has 11 nitrogen and oxygen atoms in total. The molecular formula is C33H46ClN9O2. The number of amidine groups is 1. The Morgan fingerprint density at radius 2 is 1.73 bits per heavy atom. The lowest BCUT2D eigenvalue weighted by atomic mass is 10.0. The Morgan fingerprint density at radius 3 is 2.47 bits per heavy atom. The lowest BCUT2D eigenvalue weighted by molar-refractivity contribution is -0.459. The zero-order valence-corrected chi connectivity index (χ0v) is 26.7. The van der Waals surface area contributed by atoms with E-state index in [1.165, 1.54) is 0 Å². The Morgan fingerprint density at radius 1 is 0.978 bits per heavy atom. The zero-order valence-electron chi connectivity index (χ0n) is 25.9. The number of fused-ring (bicyclic) bond motifs is 1. The van der Waals surface area contributed by atoms with Crippen molar-refractivity contribution in [1.82, 2.24) is 15.1 Å². The van der Waals surface area contributed by atoms with Gasteiger partial charge in [0.25, 0.3) is 0 Å². The summed E-state index contributed by atoms with van der Waals surface area (Å²) in [4.78, 5) is 39.0. The highest BCUT2D eigenvalue weighted by molar-refractivity contribution is 6.15. The lowest BCUT2D eigenvalue weighted by Crippen LogP contribution is -2.79. The van der Waals surface area contributed by atoms with E-state index in [0.717, 1.165) is 16.3 Å². The number of nitrogens with one attached hydrogen (secondary N) is 4. The van der Waals surface area contributed by atoms with Crippen molar-refractivity contribution in [2.75, 3.05) is 38.0 Å². The van der Waals surface area contributed by atoms with Crippen molar-refractivity contribution in [3.63, 3.8) is 0 Å². The molecule has 0 aliphatic rings. The number of hydrogen-bond donors (Lipinski definition) is 7. The fourth-order valence-electron chi connectivity index (χ4n) is 4.81. The fourth-order valence-corrected chi connectivity index (χ4v) is 5.02. The van der Waals surface area contributed by atoms with Gasteiger partial charge < -0.3 is 16.4 Å². The molecule has 0 aliphatic carbocycles. The third-order valence-electron chi connectivity index (χ3n) is 7.39. The number of halogens is 1. The van der Waals surface area contributed by atoms with Gasteiger partial charge >= 0.3 is 5.96 Å². The molecule has 2 unspecified atom stereocenters. The topological polar surface area (TPSA) is 178 Å². The van der Waals surface area contributed by atoms with Crippen LogP contribution in [0.3, 0.4) is 0 Å². The van der Waals surface area contributed by atoms with Gasteiger partial charge in [-0.25, -0.2) is 4.84 Å². The standard InChI is InChI=1S/C33H45ClN9O2/c1-2-30(35)38-18-21-43(22-19-39-33(36)37)20-8-13-29(42-34)32(45)41-28(17-14-24-9-4-3-5-10-24)31(44)40-27-16-15-25-11-6-7-12-26(25)23-27/h3-7,9-12,16,23,28-29,42H,2,8,13-14,17-22H2,1H3,(H2,35,38)(H,40,44)(H,41,45)(H4,36,37,39)/q-1/p+1. The molecule has 3 aromatic rings. The predicted octanol–water partition coefficient (Wildman–Crippen LogP) is 1.01. The first-order chi connectivity index (χ1) is 21.8. The van der Waals surface area contributed by atoms with Gasteiger partial charge in [0.15, 0.2) is 0 Å². The van der Waals surface area contributed by atoms with Crippen LogP contribution in [-0.2, 0) is 16.0 Å². The molecular weight excluding hydrogens is 590 g/mol. The van der Waals surface area contributed by atoms with E-state index >= 15 is 0 Å². The van der Waals surface area contributed by atoms with Gasteiger partial charge in [0.05, 0.1) is 18.9 Å². The SMILES string of the molecule is CCC(N)=NCCN(CCCC(NCl)C(=O)NC(CCc1ccccc1)C(=O)Nc1c[c-]c2ccccc2c1)CC[NH+]=C(N)N. The molecule has 2 atom stereocenters. The van der Waals surface area contributed by atoms with Gasteiger partial charge in [0, 0.05) is 19.5 Å². The summed E-state index contributed by atoms with van der Waals surface area (Å²) in [5, 5.41) is 7.81. The first-order valence-corrected chi connectivity index (χ1v) is 15.7. The Labute approximate surface area is 270 Å². The number of guanidine groups is 1. The maximum atomic E-state index is 13.5. The van der Waals surface area contributed by atoms with Gasteiger partial charge in [-0.2, -0.15) is 0 Å². The number of aliphatic imine (C=N–C) groups is 1. The minimum atomic E-state index is -0.779. The van der Waals surface area contributed by atoms with Gasteiger partial charge in [-0.1, -0.05) is 49.4 Å². The summed E-state index contributed by atoms with van der Waals surface area (Å²) in [6.07, 6.45) is 2.85. The molecule has 0 aliphatic heterocycles. The molecule has 2 amide bonds. The monoisotopic (exact) mass is 635 g/mol. The van der Waals surface area contributed by atoms with Crippen molar-refractivity contribution >= 4 is 51.8 Å². The fraction of sp³-hybridized carbons (Fsp3) is 0.394. The van der Waals surface area contributed by atoms with Gasteiger partial charge in [0.2, 0.25) is 11.8 Å². The Bertz CT molecular complexity index is 1410. The number of benzene rings is 3. The minimum Gasteiger partial charge on any atom is -0.387 e. The van der Waals surface area contributed by atoms with Crippen molar-refractivity contribution in [3.05, 3.63) is 78.4 Å². The number of anilines is 1. The third kappa shape index (κ3) is 12.8. The summed E-state index contributed by atoms with van der Waals surface area (Å²) < 4.78 is 0. The first-order valence-electron chi connectivity index (χ1n) is 15.3. The summed E-state index contributed by atoms with van der Waals surface area (Å²) in [5.41, 5.74) is 18.6. The molecule has 0 fully saturated rings. The zero-order chi connectivity index (χ0) is 32.4. The maximum absolute atomic E-state index is 13.5. The van der Waals surface area contributed by atoms with Crippen LogP contribution < -0.4 is 37.7 Å². The second-order valence-electron chi connectivity index (χ2n) is 10.8. The molecule has 0 saturated carbocycles. The van der Waals surface area contributed by atoms with Crippen LogP contribution in [0.15, 0.2) is 71.7 Å². The number of nitrogens with zero attached hydrogens (tertiary/aromatic N) is 2. The number of carbonyl (C=O) groups is 2. The van der Waals surface area contributed by atoms with Crippen LogP contribution in [0.1, 0.15) is 38.2 Å². The summed E-state index contributed by atoms with van der Waals surface area (Å²) in [7, 11) is 0. The predicted molar refractivity (Wildman–Crippen MR) is 183 cm³/mol. The average molecular weight is 636 g/mol. The van der Waals surface area contributed by atoms with Gasteiger partial charge in [-0.05, 0) is 55.3 Å². The molecule has 10 N–H and O–H groups in total. The molecule has 3 aromatic carbocycles. The van der Waals surface area contributed by atoms with Crippen LogP contribution in [0.5, 0.6) is 0 Å². The van der Waals surface area contributed by atoms with Crippen LogP contribution in [0, 0.1) is 6.07 Å². The van der Waals surface area contributed by atoms with Crippen LogP contribution in [-0.4, -0.2) is 73.3 Å². The van der Waals surface area contributed by atoms with Gasteiger partial charge in [-0.15, -0.1) is 41.1 Å². The molecule has 0 radical (unpaired) electrons. The molecule has 242 valence electrons. The second kappa shape index (κ2) is 19.3. The highest BCUT2D eigenvalue weighted by Crippen LogP contribution is 2.19. The first kappa shape index (κ1) is 35.3. The third-order valence-corrected chi connectivity index (χ3v) is 7.65. The number of rotatable bonds is 19. The molecule has 0 heterocycles. The van der Waals surface area contributed by atoms with Crippen LogP contribution in [0.4, 0.5) is 5.69 Å². The smallest absolute Gasteiger partial charge is 0.338 e. The maximum Gasteiger partial charge on any atom is 0.338 e. The van der Waals surface area contributed by atoms with Crippen molar-refractivity contribution < 1.29 is 14.6 Å². The molecule has 0 bridgehead atoms. The molecule has 0 spiro atoms. The molecule has 3 rings (SSSR count). The highest BCUT2D eigenvalue weighted by Gasteiger charge is 2.25. The van der Waals surface area contributed by atoms with Gasteiger partial charge in [-0.3, -0.25) is 35.9 Å². The second-order valence-corrected chi connectivity index (χ2v) is 11.0. The largest absolute Gasteiger partial charge is 0.387 e. The summed E-state index contributed by atoms with van der Waals surface area (Å²) >= 11 is 6.05. The van der Waals surface area contributed by atoms with E-state index < -0.39 is 12.1 Å². The van der Waals surface area contributed by atoms with Crippen molar-refractivity contribution in [2.24, 2.45) is 22.2 Å². The molecule has 0 saturated heterocycles. The highest BCUT2D eigenvalue weighted by atomic mass is 35.5. The number of aryl methyl sites for hydroxylation is 1. The Balaban J connectivity index is 1.63. The van der Waals surface area contributed by atoms with Crippen molar-refractivity contribution in [1.29, 1.82) is 0 Å². The van der Waals surface area contributed by atoms with E-state index in [1.54, 1.807) is 6.07 Å². The van der Waals surface area contributed by atoms with Gasteiger partial charge in [0.1, 0.15) is 12.1 Å². The van der Waals surface area contributed by atoms with Crippen LogP contribution >= 0.6 is 11.8 Å². The van der Waals surface area contributed by atoms with Crippen LogP contribution in [0.25, 0.3) is 10.8 Å². The number of hydrogen-bond acceptors (Lipinski definition) is 5. The average Bonchev–Trinajstić information content (AvgIpc) is 3.04. The molecule has 0 aromatic heterocycles. The van der Waals surface area contributed by atoms with E-state index in [1.807, 2.05) is 67.6 Å².